The second-order valence-electron chi connectivity index (χ2n) is 3.17. The predicted octanol–water partition coefficient (Wildman–Crippen LogP) is 1.59. The van der Waals surface area contributed by atoms with Gasteiger partial charge in [0.25, 0.3) is 5.91 Å². The third-order valence-electron chi connectivity index (χ3n) is 2.39. The summed E-state index contributed by atoms with van der Waals surface area (Å²) in [4.78, 5) is 11.4. The van der Waals surface area contributed by atoms with Gasteiger partial charge >= 0.3 is 0 Å². The summed E-state index contributed by atoms with van der Waals surface area (Å²) in [6.07, 6.45) is 0.802. The quantitative estimate of drug-likeness (QED) is 0.684. The molecule has 2 rings (SSSR count). The monoisotopic (exact) mass is 177 g/mol. The predicted molar refractivity (Wildman–Crippen MR) is 48.6 cm³/mol. The molecule has 1 aliphatic heterocycles. The molecule has 0 radical (unpaired) electrons. The van der Waals surface area contributed by atoms with Gasteiger partial charge in [0.15, 0.2) is 0 Å². The number of aromatic hydroxyl groups is 1. The van der Waals surface area contributed by atoms with Crippen molar-refractivity contribution in [1.29, 1.82) is 0 Å². The van der Waals surface area contributed by atoms with Crippen LogP contribution in [0.5, 0.6) is 5.75 Å². The Labute approximate surface area is 76.4 Å². The van der Waals surface area contributed by atoms with E-state index in [-0.39, 0.29) is 17.7 Å². The van der Waals surface area contributed by atoms with Gasteiger partial charge < -0.3 is 10.4 Å². The Hall–Kier alpha value is -1.51. The molecule has 0 bridgehead atoms. The highest BCUT2D eigenvalue weighted by atomic mass is 16.3. The first-order valence-corrected chi connectivity index (χ1v) is 4.36. The Morgan fingerprint density at radius 2 is 2.31 bits per heavy atom. The Balaban J connectivity index is 2.58. The molecule has 1 heterocycles. The van der Waals surface area contributed by atoms with Crippen molar-refractivity contribution in [3.8, 4) is 5.75 Å². The number of amides is 1. The molecule has 1 aromatic rings. The van der Waals surface area contributed by atoms with Crippen LogP contribution in [-0.2, 0) is 0 Å². The third kappa shape index (κ3) is 1.08. The normalized spacial score (nSPS) is 19.8. The van der Waals surface area contributed by atoms with Gasteiger partial charge in [0.05, 0.1) is 6.04 Å². The van der Waals surface area contributed by atoms with Crippen LogP contribution in [-0.4, -0.2) is 11.0 Å². The summed E-state index contributed by atoms with van der Waals surface area (Å²) in [5, 5.41) is 12.4. The van der Waals surface area contributed by atoms with E-state index < -0.39 is 0 Å². The van der Waals surface area contributed by atoms with Crippen LogP contribution in [0, 0.1) is 0 Å². The first-order chi connectivity index (χ1) is 6.24. The zero-order valence-corrected chi connectivity index (χ0v) is 7.37. The molecule has 0 aromatic heterocycles. The van der Waals surface area contributed by atoms with Gasteiger partial charge in [0.2, 0.25) is 0 Å². The van der Waals surface area contributed by atoms with E-state index in [0.29, 0.717) is 5.56 Å². The number of hydrogen-bond donors (Lipinski definition) is 2. The van der Waals surface area contributed by atoms with Gasteiger partial charge in [-0.2, -0.15) is 0 Å². The average molecular weight is 177 g/mol. The van der Waals surface area contributed by atoms with Crippen LogP contribution in [0.4, 0.5) is 0 Å². The van der Waals surface area contributed by atoms with Crippen molar-refractivity contribution in [2.45, 2.75) is 19.4 Å². The number of nitrogens with one attached hydrogen (secondary N) is 1. The van der Waals surface area contributed by atoms with E-state index >= 15 is 0 Å². The fourth-order valence-corrected chi connectivity index (χ4v) is 1.73. The lowest BCUT2D eigenvalue weighted by molar-refractivity contribution is 0.0955. The van der Waals surface area contributed by atoms with Crippen molar-refractivity contribution < 1.29 is 9.90 Å². The smallest absolute Gasteiger partial charge is 0.252 e. The minimum atomic E-state index is -0.0854. The van der Waals surface area contributed by atoms with Crippen molar-refractivity contribution in [2.24, 2.45) is 0 Å². The van der Waals surface area contributed by atoms with E-state index in [1.165, 1.54) is 0 Å². The number of fused-ring (bicyclic) bond motifs is 1. The lowest BCUT2D eigenvalue weighted by Gasteiger charge is -2.08. The SMILES string of the molecule is CCC1NC(=O)c2cccc(O)c21. The van der Waals surface area contributed by atoms with Gasteiger partial charge in [0.1, 0.15) is 5.75 Å². The molecular weight excluding hydrogens is 166 g/mol. The average Bonchev–Trinajstić information content (AvgIpc) is 2.45. The Morgan fingerprint density at radius 3 is 3.00 bits per heavy atom. The zero-order valence-electron chi connectivity index (χ0n) is 7.37. The highest BCUT2D eigenvalue weighted by molar-refractivity contribution is 5.99. The van der Waals surface area contributed by atoms with Crippen LogP contribution >= 0.6 is 0 Å². The minimum Gasteiger partial charge on any atom is -0.508 e. The van der Waals surface area contributed by atoms with Crippen LogP contribution in [0.3, 0.4) is 0 Å². The van der Waals surface area contributed by atoms with E-state index in [9.17, 15) is 9.90 Å². The van der Waals surface area contributed by atoms with Gasteiger partial charge in [-0.25, -0.2) is 0 Å². The van der Waals surface area contributed by atoms with Crippen LogP contribution in [0.1, 0.15) is 35.3 Å². The number of phenols is 1. The van der Waals surface area contributed by atoms with Crippen LogP contribution in [0.2, 0.25) is 0 Å². The van der Waals surface area contributed by atoms with E-state index in [0.717, 1.165) is 12.0 Å². The first-order valence-electron chi connectivity index (χ1n) is 4.36. The van der Waals surface area contributed by atoms with E-state index in [1.807, 2.05) is 6.92 Å². The van der Waals surface area contributed by atoms with E-state index in [1.54, 1.807) is 18.2 Å². The molecule has 0 saturated carbocycles. The Kier molecular flexibility index (Phi) is 1.72. The largest absolute Gasteiger partial charge is 0.508 e. The van der Waals surface area contributed by atoms with Crippen LogP contribution < -0.4 is 5.32 Å². The van der Waals surface area contributed by atoms with Crippen molar-refractivity contribution in [1.82, 2.24) is 5.32 Å². The van der Waals surface area contributed by atoms with Crippen molar-refractivity contribution >= 4 is 5.91 Å². The highest BCUT2D eigenvalue weighted by Gasteiger charge is 2.29. The molecule has 2 N–H and O–H groups in total. The lowest BCUT2D eigenvalue weighted by atomic mass is 10.0. The maximum atomic E-state index is 11.4. The summed E-state index contributed by atoms with van der Waals surface area (Å²) in [5.41, 5.74) is 1.35. The maximum Gasteiger partial charge on any atom is 0.252 e. The molecule has 0 saturated heterocycles. The zero-order chi connectivity index (χ0) is 9.42. The highest BCUT2D eigenvalue weighted by Crippen LogP contribution is 2.34. The molecule has 68 valence electrons. The summed E-state index contributed by atoms with van der Waals surface area (Å²) in [6, 6.07) is 5.01. The molecule has 1 atom stereocenters. The maximum absolute atomic E-state index is 11.4. The standard InChI is InChI=1S/C10H11NO2/c1-2-7-9-6(10(13)11-7)4-3-5-8(9)12/h3-5,7,12H,2H2,1H3,(H,11,13). The van der Waals surface area contributed by atoms with E-state index in [2.05, 4.69) is 5.32 Å². The summed E-state index contributed by atoms with van der Waals surface area (Å²) in [7, 11) is 0. The number of phenolic OH excluding ortho intramolecular Hbond substituents is 1. The number of carbonyl (C=O) groups excluding carboxylic acids is 1. The summed E-state index contributed by atoms with van der Waals surface area (Å²) >= 11 is 0. The third-order valence-corrected chi connectivity index (χ3v) is 2.39. The number of rotatable bonds is 1. The molecular formula is C10H11NO2. The van der Waals surface area contributed by atoms with Crippen molar-refractivity contribution in [2.75, 3.05) is 0 Å². The molecule has 0 fully saturated rings. The van der Waals surface area contributed by atoms with Gasteiger partial charge in [-0.1, -0.05) is 13.0 Å². The van der Waals surface area contributed by atoms with Gasteiger partial charge in [0, 0.05) is 11.1 Å². The van der Waals surface area contributed by atoms with E-state index in [4.69, 9.17) is 0 Å². The molecule has 13 heavy (non-hydrogen) atoms. The molecule has 3 heteroatoms. The topological polar surface area (TPSA) is 49.3 Å². The number of benzene rings is 1. The van der Waals surface area contributed by atoms with Crippen LogP contribution in [0.25, 0.3) is 0 Å². The fraction of sp³-hybridized carbons (Fsp3) is 0.300. The van der Waals surface area contributed by atoms with Gasteiger partial charge in [-0.15, -0.1) is 0 Å². The van der Waals surface area contributed by atoms with Crippen LogP contribution in [0.15, 0.2) is 18.2 Å². The second-order valence-corrected chi connectivity index (χ2v) is 3.17. The molecule has 1 aromatic carbocycles. The lowest BCUT2D eigenvalue weighted by Crippen LogP contribution is -2.17. The van der Waals surface area contributed by atoms with Crippen molar-refractivity contribution in [3.63, 3.8) is 0 Å². The molecule has 1 aliphatic rings. The number of hydrogen-bond acceptors (Lipinski definition) is 2. The molecule has 1 unspecified atom stereocenters. The van der Waals surface area contributed by atoms with Gasteiger partial charge in [-0.05, 0) is 18.6 Å². The summed E-state index contributed by atoms with van der Waals surface area (Å²) < 4.78 is 0. The fourth-order valence-electron chi connectivity index (χ4n) is 1.73. The molecule has 0 spiro atoms. The molecule has 0 aliphatic carbocycles. The Morgan fingerprint density at radius 1 is 1.54 bits per heavy atom. The Bertz CT molecular complexity index is 360. The summed E-state index contributed by atoms with van der Waals surface area (Å²) in [6.45, 7) is 1.98. The summed E-state index contributed by atoms with van der Waals surface area (Å²) in [5.74, 6) is 0.125. The molecule has 3 nitrogen and oxygen atoms in total. The van der Waals surface area contributed by atoms with Gasteiger partial charge in [-0.3, -0.25) is 4.79 Å². The number of carbonyl (C=O) groups is 1. The first kappa shape index (κ1) is 8.10. The minimum absolute atomic E-state index is 0.0244. The molecule has 1 amide bonds. The second kappa shape index (κ2) is 2.76. The van der Waals surface area contributed by atoms with Crippen molar-refractivity contribution in [3.05, 3.63) is 29.3 Å².